The minimum Gasteiger partial charge on any atom is -0.445 e. The van der Waals surface area contributed by atoms with Crippen molar-refractivity contribution in [3.63, 3.8) is 0 Å². The van der Waals surface area contributed by atoms with Crippen LogP contribution in [0.5, 0.6) is 0 Å². The Bertz CT molecular complexity index is 1410. The van der Waals surface area contributed by atoms with Gasteiger partial charge in [0.15, 0.2) is 0 Å². The molecule has 3 rings (SSSR count). The normalized spacial score (nSPS) is 14.2. The zero-order chi connectivity index (χ0) is 34.9. The van der Waals surface area contributed by atoms with Gasteiger partial charge in [0.2, 0.25) is 17.7 Å². The first-order chi connectivity index (χ1) is 23.0. The number of aromatic nitrogens is 1. The van der Waals surface area contributed by atoms with Gasteiger partial charge in [0, 0.05) is 24.8 Å². The van der Waals surface area contributed by atoms with E-state index in [4.69, 9.17) is 4.74 Å². The summed E-state index contributed by atoms with van der Waals surface area (Å²) in [7, 11) is 0. The van der Waals surface area contributed by atoms with Crippen LogP contribution in [0.3, 0.4) is 0 Å². The van der Waals surface area contributed by atoms with E-state index in [0.29, 0.717) is 24.6 Å². The first-order valence-electron chi connectivity index (χ1n) is 16.5. The number of benzene rings is 2. The number of carbonyl (C=O) groups excluding carboxylic acids is 4. The standard InChI is InChI=1S/C36H49N5O6S/c1-5-25(4)20-37-33(43)19-32(42)29(16-24(2)3)39-35(45)31(18-28-22-48-23-38-28)40-34(44)30(17-26-12-8-6-9-13-26)41-36(46)47-21-27-14-10-7-11-15-27/h6-15,22-25,29-32,42H,5,16-21H2,1-4H3,(H,37,43)(H,39,45)(H,40,44)(H,41,46)/t25?,29-,30-,31?,32-/m0/s1. The number of hydrogen-bond donors (Lipinski definition) is 5. The number of aliphatic hydroxyl groups excluding tert-OH is 1. The third-order valence-corrected chi connectivity index (χ3v) is 8.53. The summed E-state index contributed by atoms with van der Waals surface area (Å²) in [6, 6.07) is 15.5. The van der Waals surface area contributed by atoms with Gasteiger partial charge in [-0.15, -0.1) is 11.3 Å². The number of rotatable bonds is 19. The molecule has 3 aromatic rings. The first kappa shape index (κ1) is 38.2. The van der Waals surface area contributed by atoms with Crippen molar-refractivity contribution in [1.82, 2.24) is 26.3 Å². The Labute approximate surface area is 287 Å². The predicted octanol–water partition coefficient (Wildman–Crippen LogP) is 4.15. The van der Waals surface area contributed by atoms with E-state index in [1.165, 1.54) is 11.3 Å². The molecule has 0 bridgehead atoms. The molecule has 2 aromatic carbocycles. The van der Waals surface area contributed by atoms with E-state index < -0.39 is 42.1 Å². The number of nitrogens with one attached hydrogen (secondary N) is 4. The predicted molar refractivity (Wildman–Crippen MR) is 186 cm³/mol. The van der Waals surface area contributed by atoms with E-state index in [2.05, 4.69) is 26.3 Å². The van der Waals surface area contributed by atoms with Crippen molar-refractivity contribution in [1.29, 1.82) is 0 Å². The van der Waals surface area contributed by atoms with Crippen LogP contribution in [-0.4, -0.2) is 64.7 Å². The number of aliphatic hydroxyl groups is 1. The molecule has 0 saturated carbocycles. The molecule has 48 heavy (non-hydrogen) atoms. The van der Waals surface area contributed by atoms with Crippen molar-refractivity contribution in [3.05, 3.63) is 88.4 Å². The molecule has 260 valence electrons. The highest BCUT2D eigenvalue weighted by Crippen LogP contribution is 2.14. The van der Waals surface area contributed by atoms with Crippen molar-refractivity contribution in [2.24, 2.45) is 11.8 Å². The molecular formula is C36H49N5O6S. The van der Waals surface area contributed by atoms with Crippen LogP contribution >= 0.6 is 11.3 Å². The summed E-state index contributed by atoms with van der Waals surface area (Å²) in [5.74, 6) is -1.02. The molecule has 12 heteroatoms. The molecule has 0 spiro atoms. The SMILES string of the molecule is CCC(C)CNC(=O)C[C@H](O)[C@H](CC(C)C)NC(=O)C(Cc1cscn1)NC(=O)[C@H](Cc1ccccc1)NC(=O)OCc1ccccc1. The number of ether oxygens (including phenoxy) is 1. The maximum atomic E-state index is 13.8. The number of thiazole rings is 1. The number of hydrogen-bond acceptors (Lipinski definition) is 8. The largest absolute Gasteiger partial charge is 0.445 e. The van der Waals surface area contributed by atoms with E-state index in [-0.39, 0.29) is 37.7 Å². The van der Waals surface area contributed by atoms with E-state index in [1.807, 2.05) is 88.4 Å². The van der Waals surface area contributed by atoms with Crippen molar-refractivity contribution >= 4 is 35.2 Å². The van der Waals surface area contributed by atoms with Gasteiger partial charge < -0.3 is 31.1 Å². The van der Waals surface area contributed by atoms with Gasteiger partial charge in [-0.2, -0.15) is 0 Å². The fraction of sp³-hybridized carbons (Fsp3) is 0.472. The topological polar surface area (TPSA) is 159 Å². The molecule has 5 atom stereocenters. The molecule has 0 saturated heterocycles. The molecule has 11 nitrogen and oxygen atoms in total. The summed E-state index contributed by atoms with van der Waals surface area (Å²) in [6.07, 6.45) is -0.536. The minimum absolute atomic E-state index is 0.0242. The van der Waals surface area contributed by atoms with Crippen molar-refractivity contribution in [3.8, 4) is 0 Å². The molecule has 0 aliphatic heterocycles. The molecular weight excluding hydrogens is 630 g/mol. The molecule has 1 aromatic heterocycles. The van der Waals surface area contributed by atoms with Gasteiger partial charge in [-0.3, -0.25) is 14.4 Å². The molecule has 4 amide bonds. The van der Waals surface area contributed by atoms with Crippen LogP contribution in [0.2, 0.25) is 0 Å². The Morgan fingerprint density at radius 1 is 0.854 bits per heavy atom. The molecule has 0 radical (unpaired) electrons. The Morgan fingerprint density at radius 2 is 1.48 bits per heavy atom. The van der Waals surface area contributed by atoms with Crippen molar-refractivity contribution < 1.29 is 29.0 Å². The Hall–Kier alpha value is -4.29. The maximum Gasteiger partial charge on any atom is 0.408 e. The lowest BCUT2D eigenvalue weighted by molar-refractivity contribution is -0.131. The van der Waals surface area contributed by atoms with E-state index >= 15 is 0 Å². The second-order valence-electron chi connectivity index (χ2n) is 12.5. The Balaban J connectivity index is 1.76. The van der Waals surface area contributed by atoms with Crippen LogP contribution in [0.1, 0.15) is 63.8 Å². The summed E-state index contributed by atoms with van der Waals surface area (Å²) >= 11 is 1.36. The summed E-state index contributed by atoms with van der Waals surface area (Å²) < 4.78 is 5.39. The minimum atomic E-state index is -1.14. The van der Waals surface area contributed by atoms with Crippen LogP contribution in [0.4, 0.5) is 4.79 Å². The van der Waals surface area contributed by atoms with Gasteiger partial charge in [0.1, 0.15) is 18.7 Å². The van der Waals surface area contributed by atoms with Crippen LogP contribution in [0.25, 0.3) is 0 Å². The Kier molecular flexibility index (Phi) is 16.0. The maximum absolute atomic E-state index is 13.8. The molecule has 1 heterocycles. The number of alkyl carbamates (subject to hydrolysis) is 1. The highest BCUT2D eigenvalue weighted by atomic mass is 32.1. The lowest BCUT2D eigenvalue weighted by atomic mass is 9.96. The second-order valence-corrected chi connectivity index (χ2v) is 13.2. The molecule has 0 aliphatic rings. The van der Waals surface area contributed by atoms with Gasteiger partial charge in [0.05, 0.1) is 29.8 Å². The highest BCUT2D eigenvalue weighted by Gasteiger charge is 2.31. The number of nitrogens with zero attached hydrogens (tertiary/aromatic N) is 1. The van der Waals surface area contributed by atoms with Crippen molar-refractivity contribution in [2.45, 2.75) is 90.6 Å². The zero-order valence-corrected chi connectivity index (χ0v) is 29.0. The fourth-order valence-corrected chi connectivity index (χ4v) is 5.51. The lowest BCUT2D eigenvalue weighted by Gasteiger charge is -2.29. The van der Waals surface area contributed by atoms with Gasteiger partial charge in [0.25, 0.3) is 0 Å². The van der Waals surface area contributed by atoms with Gasteiger partial charge in [-0.25, -0.2) is 9.78 Å². The average molecular weight is 680 g/mol. The average Bonchev–Trinajstić information content (AvgIpc) is 3.59. The van der Waals surface area contributed by atoms with E-state index in [1.54, 1.807) is 10.9 Å². The van der Waals surface area contributed by atoms with Crippen molar-refractivity contribution in [2.75, 3.05) is 6.54 Å². The zero-order valence-electron chi connectivity index (χ0n) is 28.2. The Morgan fingerprint density at radius 3 is 2.08 bits per heavy atom. The van der Waals surface area contributed by atoms with Crippen LogP contribution in [0.15, 0.2) is 71.6 Å². The van der Waals surface area contributed by atoms with Gasteiger partial charge in [-0.05, 0) is 29.4 Å². The number of carbonyl (C=O) groups is 4. The summed E-state index contributed by atoms with van der Waals surface area (Å²) in [5.41, 5.74) is 3.83. The smallest absolute Gasteiger partial charge is 0.408 e. The quantitative estimate of drug-likeness (QED) is 0.127. The molecule has 0 aliphatic carbocycles. The van der Waals surface area contributed by atoms with Gasteiger partial charge >= 0.3 is 6.09 Å². The van der Waals surface area contributed by atoms with Crippen LogP contribution < -0.4 is 21.3 Å². The highest BCUT2D eigenvalue weighted by molar-refractivity contribution is 7.07. The lowest BCUT2D eigenvalue weighted by Crippen LogP contribution is -2.57. The number of amides is 4. The molecule has 5 N–H and O–H groups in total. The summed E-state index contributed by atoms with van der Waals surface area (Å²) in [5, 5.41) is 24.1. The molecule has 2 unspecified atom stereocenters. The van der Waals surface area contributed by atoms with Crippen LogP contribution in [-0.2, 0) is 38.6 Å². The molecule has 0 fully saturated rings. The monoisotopic (exact) mass is 679 g/mol. The third-order valence-electron chi connectivity index (χ3n) is 7.89. The van der Waals surface area contributed by atoms with Gasteiger partial charge in [-0.1, -0.05) is 94.8 Å². The second kappa shape index (κ2) is 20.2. The first-order valence-corrected chi connectivity index (χ1v) is 17.4. The van der Waals surface area contributed by atoms with E-state index in [0.717, 1.165) is 17.5 Å². The summed E-state index contributed by atoms with van der Waals surface area (Å²) in [4.78, 5) is 57.4. The third kappa shape index (κ3) is 13.8. The van der Waals surface area contributed by atoms with Crippen LogP contribution in [0, 0.1) is 11.8 Å². The fourth-order valence-electron chi connectivity index (χ4n) is 4.94. The summed E-state index contributed by atoms with van der Waals surface area (Å²) in [6.45, 7) is 8.51. The van der Waals surface area contributed by atoms with E-state index in [9.17, 15) is 24.3 Å².